The fourth-order valence-corrected chi connectivity index (χ4v) is 3.18. The van der Waals surface area contributed by atoms with Gasteiger partial charge in [-0.05, 0) is 63.0 Å². The average Bonchev–Trinajstić information content (AvgIpc) is 2.49. The molecule has 0 amide bonds. The predicted octanol–water partition coefficient (Wildman–Crippen LogP) is 3.46. The minimum atomic E-state index is 0.986. The second-order valence-electron chi connectivity index (χ2n) is 6.18. The molecule has 2 heteroatoms. The zero-order valence-electron chi connectivity index (χ0n) is 13.2. The largest absolute Gasteiger partial charge is 0.319 e. The Morgan fingerprint density at radius 2 is 1.75 bits per heavy atom. The van der Waals surface area contributed by atoms with Gasteiger partial charge in [0.15, 0.2) is 0 Å². The molecule has 112 valence electrons. The highest BCUT2D eigenvalue weighted by atomic mass is 15.1. The molecule has 0 atom stereocenters. The van der Waals surface area contributed by atoms with Gasteiger partial charge in [0, 0.05) is 6.54 Å². The van der Waals surface area contributed by atoms with E-state index < -0.39 is 0 Å². The van der Waals surface area contributed by atoms with E-state index in [-0.39, 0.29) is 0 Å². The van der Waals surface area contributed by atoms with Gasteiger partial charge in [0.1, 0.15) is 0 Å². The van der Waals surface area contributed by atoms with Crippen molar-refractivity contribution in [2.45, 2.75) is 45.6 Å². The van der Waals surface area contributed by atoms with E-state index >= 15 is 0 Å². The number of piperidine rings is 1. The Hall–Kier alpha value is -0.860. The zero-order valence-corrected chi connectivity index (χ0v) is 13.2. The van der Waals surface area contributed by atoms with Crippen LogP contribution in [0.25, 0.3) is 0 Å². The Labute approximate surface area is 124 Å². The maximum absolute atomic E-state index is 3.20. The molecule has 0 unspecified atom stereocenters. The number of hydrogen-bond donors (Lipinski definition) is 1. The summed E-state index contributed by atoms with van der Waals surface area (Å²) in [6, 6.07) is 9.19. The summed E-state index contributed by atoms with van der Waals surface area (Å²) >= 11 is 0. The third kappa shape index (κ3) is 4.92. The number of rotatable bonds is 7. The molecule has 1 aliphatic rings. The van der Waals surface area contributed by atoms with Crippen molar-refractivity contribution in [3.63, 3.8) is 0 Å². The molecular formula is C18H30N2. The fraction of sp³-hybridized carbons (Fsp3) is 0.667. The zero-order chi connectivity index (χ0) is 14.2. The van der Waals surface area contributed by atoms with E-state index in [4.69, 9.17) is 0 Å². The molecule has 1 heterocycles. The van der Waals surface area contributed by atoms with Gasteiger partial charge in [-0.3, -0.25) is 4.90 Å². The first-order valence-corrected chi connectivity index (χ1v) is 8.26. The molecule has 0 saturated carbocycles. The minimum Gasteiger partial charge on any atom is -0.319 e. The first kappa shape index (κ1) is 15.5. The molecule has 0 aromatic heterocycles. The predicted molar refractivity (Wildman–Crippen MR) is 87.0 cm³/mol. The molecule has 0 bridgehead atoms. The van der Waals surface area contributed by atoms with Gasteiger partial charge in [-0.2, -0.15) is 0 Å². The van der Waals surface area contributed by atoms with Crippen molar-refractivity contribution in [2.24, 2.45) is 5.92 Å². The van der Waals surface area contributed by atoms with Crippen molar-refractivity contribution in [3.8, 4) is 0 Å². The van der Waals surface area contributed by atoms with Gasteiger partial charge in [0.25, 0.3) is 0 Å². The molecule has 1 aromatic rings. The van der Waals surface area contributed by atoms with E-state index in [1.807, 2.05) is 7.05 Å². The molecule has 0 aliphatic carbocycles. The van der Waals surface area contributed by atoms with Crippen LogP contribution in [0.2, 0.25) is 0 Å². The molecule has 1 N–H and O–H groups in total. The minimum absolute atomic E-state index is 0.986. The second kappa shape index (κ2) is 8.43. The van der Waals surface area contributed by atoms with Crippen LogP contribution in [0.5, 0.6) is 0 Å². The standard InChI is InChI=1S/C18H30N2/c1-3-4-16-10-13-20(14-11-16)15-18-7-5-17(6-8-18)9-12-19-2/h5-8,16,19H,3-4,9-15H2,1-2H3. The van der Waals surface area contributed by atoms with E-state index in [0.29, 0.717) is 0 Å². The summed E-state index contributed by atoms with van der Waals surface area (Å²) in [4.78, 5) is 2.62. The van der Waals surface area contributed by atoms with Crippen LogP contribution in [0.15, 0.2) is 24.3 Å². The van der Waals surface area contributed by atoms with E-state index in [2.05, 4.69) is 41.4 Å². The summed E-state index contributed by atoms with van der Waals surface area (Å²) in [6.07, 6.45) is 6.69. The number of benzene rings is 1. The van der Waals surface area contributed by atoms with Gasteiger partial charge in [0.2, 0.25) is 0 Å². The molecular weight excluding hydrogens is 244 g/mol. The lowest BCUT2D eigenvalue weighted by atomic mass is 9.92. The second-order valence-corrected chi connectivity index (χ2v) is 6.18. The number of nitrogens with zero attached hydrogens (tertiary/aromatic N) is 1. The van der Waals surface area contributed by atoms with Crippen LogP contribution in [-0.2, 0) is 13.0 Å². The number of hydrogen-bond acceptors (Lipinski definition) is 2. The Kier molecular flexibility index (Phi) is 6.55. The number of likely N-dealkylation sites (N-methyl/N-ethyl adjacent to an activating group) is 1. The lowest BCUT2D eigenvalue weighted by Gasteiger charge is -2.31. The maximum Gasteiger partial charge on any atom is 0.0233 e. The molecule has 1 aromatic carbocycles. The van der Waals surface area contributed by atoms with Crippen LogP contribution in [0.3, 0.4) is 0 Å². The van der Waals surface area contributed by atoms with Gasteiger partial charge in [-0.15, -0.1) is 0 Å². The third-order valence-corrected chi connectivity index (χ3v) is 4.50. The average molecular weight is 274 g/mol. The van der Waals surface area contributed by atoms with Crippen molar-refractivity contribution >= 4 is 0 Å². The number of likely N-dealkylation sites (tertiary alicyclic amines) is 1. The van der Waals surface area contributed by atoms with Crippen molar-refractivity contribution in [1.29, 1.82) is 0 Å². The van der Waals surface area contributed by atoms with Crippen molar-refractivity contribution < 1.29 is 0 Å². The van der Waals surface area contributed by atoms with Crippen molar-refractivity contribution in [1.82, 2.24) is 10.2 Å². The Morgan fingerprint density at radius 1 is 1.10 bits per heavy atom. The first-order chi connectivity index (χ1) is 9.81. The van der Waals surface area contributed by atoms with E-state index in [1.165, 1.54) is 49.9 Å². The van der Waals surface area contributed by atoms with Crippen LogP contribution in [0.4, 0.5) is 0 Å². The van der Waals surface area contributed by atoms with Crippen LogP contribution in [0.1, 0.15) is 43.7 Å². The van der Waals surface area contributed by atoms with Crippen LogP contribution < -0.4 is 5.32 Å². The highest BCUT2D eigenvalue weighted by Gasteiger charge is 2.18. The van der Waals surface area contributed by atoms with Crippen molar-refractivity contribution in [2.75, 3.05) is 26.7 Å². The molecule has 1 fully saturated rings. The molecule has 1 aliphatic heterocycles. The molecule has 0 radical (unpaired) electrons. The van der Waals surface area contributed by atoms with E-state index in [9.17, 15) is 0 Å². The molecule has 2 nitrogen and oxygen atoms in total. The Bertz CT molecular complexity index is 364. The van der Waals surface area contributed by atoms with Crippen LogP contribution in [0, 0.1) is 5.92 Å². The monoisotopic (exact) mass is 274 g/mol. The smallest absolute Gasteiger partial charge is 0.0233 e. The fourth-order valence-electron chi connectivity index (χ4n) is 3.18. The summed E-state index contributed by atoms with van der Waals surface area (Å²) in [7, 11) is 2.01. The Morgan fingerprint density at radius 3 is 2.35 bits per heavy atom. The summed E-state index contributed by atoms with van der Waals surface area (Å²) in [5, 5.41) is 3.20. The highest BCUT2D eigenvalue weighted by Crippen LogP contribution is 2.22. The molecule has 0 spiro atoms. The van der Waals surface area contributed by atoms with Gasteiger partial charge in [-0.1, -0.05) is 44.0 Å². The topological polar surface area (TPSA) is 15.3 Å². The lowest BCUT2D eigenvalue weighted by molar-refractivity contribution is 0.172. The van der Waals surface area contributed by atoms with Crippen molar-refractivity contribution in [3.05, 3.63) is 35.4 Å². The summed E-state index contributed by atoms with van der Waals surface area (Å²) < 4.78 is 0. The molecule has 20 heavy (non-hydrogen) atoms. The summed E-state index contributed by atoms with van der Waals surface area (Å²) in [5.74, 6) is 0.986. The quantitative estimate of drug-likeness (QED) is 0.819. The van der Waals surface area contributed by atoms with Gasteiger partial charge >= 0.3 is 0 Å². The third-order valence-electron chi connectivity index (χ3n) is 4.50. The summed E-state index contributed by atoms with van der Waals surface area (Å²) in [6.45, 7) is 7.07. The lowest BCUT2D eigenvalue weighted by Crippen LogP contribution is -2.33. The number of nitrogens with one attached hydrogen (secondary N) is 1. The van der Waals surface area contributed by atoms with Gasteiger partial charge in [-0.25, -0.2) is 0 Å². The first-order valence-electron chi connectivity index (χ1n) is 8.26. The Balaban J connectivity index is 1.76. The van der Waals surface area contributed by atoms with E-state index in [1.54, 1.807) is 0 Å². The van der Waals surface area contributed by atoms with Crippen LogP contribution in [-0.4, -0.2) is 31.6 Å². The van der Waals surface area contributed by atoms with Crippen LogP contribution >= 0.6 is 0 Å². The van der Waals surface area contributed by atoms with E-state index in [0.717, 1.165) is 25.4 Å². The maximum atomic E-state index is 3.20. The van der Waals surface area contributed by atoms with Gasteiger partial charge < -0.3 is 5.32 Å². The molecule has 1 saturated heterocycles. The SMILES string of the molecule is CCCC1CCN(Cc2ccc(CCNC)cc2)CC1. The molecule has 2 rings (SSSR count). The summed E-state index contributed by atoms with van der Waals surface area (Å²) in [5.41, 5.74) is 2.90. The highest BCUT2D eigenvalue weighted by molar-refractivity contribution is 5.22. The van der Waals surface area contributed by atoms with Gasteiger partial charge in [0.05, 0.1) is 0 Å². The normalized spacial score (nSPS) is 17.5.